The van der Waals surface area contributed by atoms with Gasteiger partial charge in [-0.3, -0.25) is 0 Å². The van der Waals surface area contributed by atoms with E-state index in [-0.39, 0.29) is 5.02 Å². The summed E-state index contributed by atoms with van der Waals surface area (Å²) in [7, 11) is -3.99. The monoisotopic (exact) mass is 347 g/mol. The molecular weight excluding hydrogens is 336 g/mol. The number of nitrogens with one attached hydrogen (secondary N) is 1. The number of benzene rings is 2. The summed E-state index contributed by atoms with van der Waals surface area (Å²) in [6.45, 7) is 1.65. The van der Waals surface area contributed by atoms with Crippen molar-refractivity contribution >= 4 is 33.2 Å². The minimum atomic E-state index is -3.99. The summed E-state index contributed by atoms with van der Waals surface area (Å²) < 4.78 is 40.6. The second-order valence-corrected chi connectivity index (χ2v) is 7.03. The van der Waals surface area contributed by atoms with Gasteiger partial charge >= 0.3 is 0 Å². The van der Waals surface area contributed by atoms with Crippen molar-refractivity contribution in [2.45, 2.75) is 17.9 Å². The Labute approximate surface area is 132 Å². The number of hydrogen-bond acceptors (Lipinski definition) is 2. The highest BCUT2D eigenvalue weighted by Gasteiger charge is 2.22. The normalized spacial score (nSPS) is 13.1. The van der Waals surface area contributed by atoms with Gasteiger partial charge in [0.2, 0.25) is 10.0 Å². The Morgan fingerprint density at radius 2 is 1.76 bits per heavy atom. The molecule has 1 atom stereocenters. The van der Waals surface area contributed by atoms with Gasteiger partial charge in [0.15, 0.2) is 0 Å². The topological polar surface area (TPSA) is 46.2 Å². The van der Waals surface area contributed by atoms with Crippen molar-refractivity contribution in [2.75, 3.05) is 0 Å². The molecule has 2 aromatic rings. The van der Waals surface area contributed by atoms with Gasteiger partial charge in [0.25, 0.3) is 0 Å². The van der Waals surface area contributed by atoms with Crippen molar-refractivity contribution in [3.8, 4) is 0 Å². The predicted molar refractivity (Wildman–Crippen MR) is 81.6 cm³/mol. The van der Waals surface area contributed by atoms with E-state index in [1.54, 1.807) is 31.2 Å². The van der Waals surface area contributed by atoms with Gasteiger partial charge in [0.1, 0.15) is 10.7 Å². The molecule has 0 saturated heterocycles. The Hall–Kier alpha value is -1.14. The van der Waals surface area contributed by atoms with Crippen molar-refractivity contribution in [2.24, 2.45) is 0 Å². The fourth-order valence-corrected chi connectivity index (χ4v) is 3.48. The molecule has 3 nitrogen and oxygen atoms in total. The molecule has 0 aliphatic carbocycles. The van der Waals surface area contributed by atoms with Gasteiger partial charge in [-0.1, -0.05) is 35.3 Å². The van der Waals surface area contributed by atoms with Crippen LogP contribution in [0.5, 0.6) is 0 Å². The van der Waals surface area contributed by atoms with Crippen molar-refractivity contribution in [1.29, 1.82) is 0 Å². The van der Waals surface area contributed by atoms with E-state index in [9.17, 15) is 12.8 Å². The van der Waals surface area contributed by atoms with Crippen molar-refractivity contribution < 1.29 is 12.8 Å². The van der Waals surface area contributed by atoms with E-state index in [4.69, 9.17) is 23.2 Å². The molecule has 0 amide bonds. The van der Waals surface area contributed by atoms with Crippen LogP contribution in [-0.2, 0) is 10.0 Å². The summed E-state index contributed by atoms with van der Waals surface area (Å²) in [4.78, 5) is -0.444. The second kappa shape index (κ2) is 6.32. The van der Waals surface area contributed by atoms with E-state index in [0.29, 0.717) is 10.6 Å². The minimum absolute atomic E-state index is 0.134. The molecule has 0 heterocycles. The first kappa shape index (κ1) is 16.2. The highest BCUT2D eigenvalue weighted by atomic mass is 35.5. The summed E-state index contributed by atoms with van der Waals surface area (Å²) in [5.41, 5.74) is 0.681. The van der Waals surface area contributed by atoms with Crippen LogP contribution in [-0.4, -0.2) is 8.42 Å². The molecule has 21 heavy (non-hydrogen) atoms. The average molecular weight is 348 g/mol. The van der Waals surface area contributed by atoms with Crippen LogP contribution < -0.4 is 4.72 Å². The number of halogens is 3. The molecule has 0 spiro atoms. The predicted octanol–water partition coefficient (Wildman–Crippen LogP) is 4.17. The molecule has 0 bridgehead atoms. The first-order valence-electron chi connectivity index (χ1n) is 6.02. The smallest absolute Gasteiger partial charge is 0.207 e. The van der Waals surface area contributed by atoms with Crippen LogP contribution in [0.25, 0.3) is 0 Å². The lowest BCUT2D eigenvalue weighted by molar-refractivity contribution is 0.547. The molecule has 1 N–H and O–H groups in total. The Bertz CT molecular complexity index is 765. The maximum atomic E-state index is 13.7. The first-order valence-corrected chi connectivity index (χ1v) is 8.26. The summed E-state index contributed by atoms with van der Waals surface area (Å²) in [5.74, 6) is -0.895. The minimum Gasteiger partial charge on any atom is -0.207 e. The Balaban J connectivity index is 2.29. The largest absolute Gasteiger partial charge is 0.244 e. The van der Waals surface area contributed by atoms with Gasteiger partial charge in [-0.25, -0.2) is 17.5 Å². The summed E-state index contributed by atoms with van der Waals surface area (Å²) in [5, 5.41) is 0.630. The van der Waals surface area contributed by atoms with E-state index in [1.807, 2.05) is 0 Å². The molecule has 0 aliphatic heterocycles. The van der Waals surface area contributed by atoms with E-state index in [2.05, 4.69) is 4.72 Å². The number of hydrogen-bond donors (Lipinski definition) is 1. The average Bonchev–Trinajstić information content (AvgIpc) is 2.37. The van der Waals surface area contributed by atoms with E-state index in [1.165, 1.54) is 6.07 Å². The maximum Gasteiger partial charge on any atom is 0.244 e. The molecular formula is C14H12Cl2FNO2S. The highest BCUT2D eigenvalue weighted by molar-refractivity contribution is 7.89. The van der Waals surface area contributed by atoms with Gasteiger partial charge in [-0.2, -0.15) is 0 Å². The summed E-state index contributed by atoms with van der Waals surface area (Å²) >= 11 is 11.5. The Morgan fingerprint density at radius 1 is 1.10 bits per heavy atom. The van der Waals surface area contributed by atoms with Crippen molar-refractivity contribution in [1.82, 2.24) is 4.72 Å². The summed E-state index contributed by atoms with van der Waals surface area (Å²) in [6, 6.07) is 9.64. The zero-order chi connectivity index (χ0) is 15.6. The fourth-order valence-electron chi connectivity index (χ4n) is 1.83. The standard InChI is InChI=1S/C14H12Cl2FNO2S/c1-9(10-3-2-4-11(15)7-10)18-21(19,20)14-6-5-12(16)8-13(14)17/h2-9,18H,1H3/t9-/m0/s1. The lowest BCUT2D eigenvalue weighted by atomic mass is 10.1. The van der Waals surface area contributed by atoms with Crippen LogP contribution in [0.15, 0.2) is 47.4 Å². The summed E-state index contributed by atoms with van der Waals surface area (Å²) in [6.07, 6.45) is 0. The molecule has 0 aromatic heterocycles. The zero-order valence-electron chi connectivity index (χ0n) is 11.0. The third-order valence-electron chi connectivity index (χ3n) is 2.86. The molecule has 2 aromatic carbocycles. The number of sulfonamides is 1. The van der Waals surface area contributed by atoms with Gasteiger partial charge in [0, 0.05) is 16.1 Å². The van der Waals surface area contributed by atoms with Crippen LogP contribution in [0.4, 0.5) is 4.39 Å². The number of rotatable bonds is 4. The highest BCUT2D eigenvalue weighted by Crippen LogP contribution is 2.23. The molecule has 2 rings (SSSR count). The van der Waals surface area contributed by atoms with Gasteiger partial charge in [0.05, 0.1) is 0 Å². The van der Waals surface area contributed by atoms with Crippen LogP contribution in [0.1, 0.15) is 18.5 Å². The maximum absolute atomic E-state index is 13.7. The Morgan fingerprint density at radius 3 is 2.38 bits per heavy atom. The zero-order valence-corrected chi connectivity index (χ0v) is 13.3. The molecule has 112 valence electrons. The fraction of sp³-hybridized carbons (Fsp3) is 0.143. The van der Waals surface area contributed by atoms with Crippen molar-refractivity contribution in [3.05, 3.63) is 63.9 Å². The molecule has 0 fully saturated rings. The van der Waals surface area contributed by atoms with Gasteiger partial charge in [-0.15, -0.1) is 0 Å². The van der Waals surface area contributed by atoms with E-state index in [0.717, 1.165) is 12.1 Å². The molecule has 0 unspecified atom stereocenters. The SMILES string of the molecule is C[C@H](NS(=O)(=O)c1ccc(Cl)cc1F)c1cccc(Cl)c1. The lowest BCUT2D eigenvalue weighted by Crippen LogP contribution is -2.27. The van der Waals surface area contributed by atoms with Crippen LogP contribution >= 0.6 is 23.2 Å². The molecule has 7 heteroatoms. The van der Waals surface area contributed by atoms with Crippen LogP contribution in [0, 0.1) is 5.82 Å². The van der Waals surface area contributed by atoms with Crippen LogP contribution in [0.2, 0.25) is 10.0 Å². The third-order valence-corrected chi connectivity index (χ3v) is 4.91. The lowest BCUT2D eigenvalue weighted by Gasteiger charge is -2.15. The van der Waals surface area contributed by atoms with Gasteiger partial charge in [-0.05, 0) is 42.8 Å². The van der Waals surface area contributed by atoms with Gasteiger partial charge < -0.3 is 0 Å². The van der Waals surface area contributed by atoms with Crippen molar-refractivity contribution in [3.63, 3.8) is 0 Å². The van der Waals surface area contributed by atoms with E-state index < -0.39 is 26.8 Å². The third kappa shape index (κ3) is 3.95. The molecule has 0 aliphatic rings. The quantitative estimate of drug-likeness (QED) is 0.901. The second-order valence-electron chi connectivity index (χ2n) is 4.47. The Kier molecular flexibility index (Phi) is 4.88. The van der Waals surface area contributed by atoms with Crippen LogP contribution in [0.3, 0.4) is 0 Å². The molecule has 0 saturated carbocycles. The van der Waals surface area contributed by atoms with E-state index >= 15 is 0 Å². The first-order chi connectivity index (χ1) is 9.79. The molecule has 0 radical (unpaired) electrons.